The van der Waals surface area contributed by atoms with Gasteiger partial charge in [-0.15, -0.1) is 0 Å². The first kappa shape index (κ1) is 17.4. The van der Waals surface area contributed by atoms with Gasteiger partial charge in [0.05, 0.1) is 22.2 Å². The van der Waals surface area contributed by atoms with Crippen molar-refractivity contribution < 1.29 is 4.79 Å². The summed E-state index contributed by atoms with van der Waals surface area (Å²) in [5, 5.41) is 16.4. The van der Waals surface area contributed by atoms with Crippen LogP contribution in [0.4, 0.5) is 10.6 Å². The molecule has 26 heavy (non-hydrogen) atoms. The van der Waals surface area contributed by atoms with Crippen LogP contribution in [0, 0.1) is 5.41 Å². The Balaban J connectivity index is 1.99. The predicted molar refractivity (Wildman–Crippen MR) is 102 cm³/mol. The molecule has 3 aromatic rings. The molecule has 0 saturated carbocycles. The first-order valence-corrected chi connectivity index (χ1v) is 8.40. The maximum absolute atomic E-state index is 12.6. The number of aromatic amines is 1. The van der Waals surface area contributed by atoms with E-state index in [0.717, 1.165) is 19.1 Å². The number of urea groups is 1. The minimum atomic E-state index is -0.391. The van der Waals surface area contributed by atoms with E-state index < -0.39 is 6.03 Å². The number of unbranched alkanes of at least 4 members (excludes halogenated alkanes) is 1. The van der Waals surface area contributed by atoms with E-state index in [0.29, 0.717) is 28.7 Å². The van der Waals surface area contributed by atoms with Gasteiger partial charge in [-0.3, -0.25) is 15.2 Å². The Hall–Kier alpha value is -3.42. The molecule has 2 heterocycles. The zero-order valence-corrected chi connectivity index (χ0v) is 14.4. The van der Waals surface area contributed by atoms with Crippen molar-refractivity contribution in [2.75, 3.05) is 11.9 Å². The highest BCUT2D eigenvalue weighted by atomic mass is 16.2. The second-order valence-corrected chi connectivity index (χ2v) is 5.78. The Morgan fingerprint density at radius 1 is 1.35 bits per heavy atom. The number of fused-ring (bicyclic) bond motifs is 1. The van der Waals surface area contributed by atoms with Crippen molar-refractivity contribution in [1.82, 2.24) is 20.1 Å². The number of hydrogen-bond donors (Lipinski definition) is 4. The Labute approximate surface area is 149 Å². The molecule has 0 unspecified atom stereocenters. The maximum atomic E-state index is 12.6. The number of anilines is 1. The molecule has 0 fully saturated rings. The Bertz CT molecular complexity index is 990. The van der Waals surface area contributed by atoms with Crippen LogP contribution in [-0.2, 0) is 0 Å². The van der Waals surface area contributed by atoms with Crippen molar-refractivity contribution in [1.29, 1.82) is 5.41 Å². The molecule has 3 rings (SSSR count). The Kier molecular flexibility index (Phi) is 5.12. The molecule has 0 bridgehead atoms. The number of benzene rings is 1. The molecule has 0 aliphatic heterocycles. The summed E-state index contributed by atoms with van der Waals surface area (Å²) in [5.41, 5.74) is 1.21. The summed E-state index contributed by atoms with van der Waals surface area (Å²) < 4.78 is 1.39. The molecule has 0 radical (unpaired) electrons. The van der Waals surface area contributed by atoms with Crippen LogP contribution in [0.3, 0.4) is 0 Å². The maximum Gasteiger partial charge on any atom is 0.320 e. The molecular weight excluding hydrogens is 332 g/mol. The second-order valence-electron chi connectivity index (χ2n) is 5.78. The van der Waals surface area contributed by atoms with Gasteiger partial charge in [0.2, 0.25) is 0 Å². The van der Waals surface area contributed by atoms with Crippen LogP contribution < -0.4 is 16.2 Å². The van der Waals surface area contributed by atoms with Crippen molar-refractivity contribution in [3.63, 3.8) is 0 Å². The van der Waals surface area contributed by atoms with E-state index in [1.807, 2.05) is 25.1 Å². The summed E-state index contributed by atoms with van der Waals surface area (Å²) in [5.74, 6) is 0.225. The number of H-pyrrole nitrogens is 1. The van der Waals surface area contributed by atoms with E-state index in [9.17, 15) is 9.59 Å². The monoisotopic (exact) mass is 352 g/mol. The minimum Gasteiger partial charge on any atom is -0.338 e. The SMILES string of the molecule is CCCCNC(=O)Nc1ncc2c(=O)n(-c3ccccc3)[nH]c2c1C=N. The highest BCUT2D eigenvalue weighted by Gasteiger charge is 2.16. The van der Waals surface area contributed by atoms with Gasteiger partial charge in [-0.05, 0) is 18.6 Å². The first-order valence-electron chi connectivity index (χ1n) is 8.40. The third-order valence-electron chi connectivity index (χ3n) is 3.98. The molecule has 8 nitrogen and oxygen atoms in total. The third kappa shape index (κ3) is 3.34. The normalized spacial score (nSPS) is 10.7. The van der Waals surface area contributed by atoms with Crippen LogP contribution in [0.1, 0.15) is 25.3 Å². The van der Waals surface area contributed by atoms with Gasteiger partial charge in [0, 0.05) is 19.0 Å². The van der Waals surface area contributed by atoms with Crippen LogP contribution in [0.15, 0.2) is 41.3 Å². The molecule has 8 heteroatoms. The van der Waals surface area contributed by atoms with Gasteiger partial charge in [0.15, 0.2) is 0 Å². The molecular formula is C18H20N6O2. The van der Waals surface area contributed by atoms with Gasteiger partial charge in [-0.1, -0.05) is 31.5 Å². The van der Waals surface area contributed by atoms with Gasteiger partial charge in [0.1, 0.15) is 5.82 Å². The first-order chi connectivity index (χ1) is 12.7. The van der Waals surface area contributed by atoms with E-state index in [2.05, 4.69) is 20.7 Å². The van der Waals surface area contributed by atoms with Crippen LogP contribution in [0.25, 0.3) is 16.6 Å². The zero-order valence-electron chi connectivity index (χ0n) is 14.4. The van der Waals surface area contributed by atoms with Crippen molar-refractivity contribution in [2.24, 2.45) is 0 Å². The quantitative estimate of drug-likeness (QED) is 0.404. The summed E-state index contributed by atoms with van der Waals surface area (Å²) in [6.07, 6.45) is 4.33. The number of carbonyl (C=O) groups is 1. The number of aromatic nitrogens is 3. The summed E-state index contributed by atoms with van der Waals surface area (Å²) in [7, 11) is 0. The van der Waals surface area contributed by atoms with Gasteiger partial charge >= 0.3 is 6.03 Å². The molecule has 0 aliphatic carbocycles. The summed E-state index contributed by atoms with van der Waals surface area (Å²) in [6.45, 7) is 2.60. The number of carbonyl (C=O) groups excluding carboxylic acids is 1. The molecule has 0 spiro atoms. The molecule has 0 saturated heterocycles. The predicted octanol–water partition coefficient (Wildman–Crippen LogP) is 2.63. The summed E-state index contributed by atoms with van der Waals surface area (Å²) in [6, 6.07) is 8.73. The van der Waals surface area contributed by atoms with E-state index in [1.165, 1.54) is 10.9 Å². The van der Waals surface area contributed by atoms with E-state index in [1.54, 1.807) is 12.1 Å². The lowest BCUT2D eigenvalue weighted by Crippen LogP contribution is -2.30. The number of hydrogen-bond acceptors (Lipinski definition) is 4. The fourth-order valence-corrected chi connectivity index (χ4v) is 2.62. The van der Waals surface area contributed by atoms with Gasteiger partial charge < -0.3 is 10.7 Å². The summed E-state index contributed by atoms with van der Waals surface area (Å²) in [4.78, 5) is 28.7. The lowest BCUT2D eigenvalue weighted by molar-refractivity contribution is 0.252. The molecule has 1 aromatic carbocycles. The smallest absolute Gasteiger partial charge is 0.320 e. The van der Waals surface area contributed by atoms with Gasteiger partial charge in [-0.2, -0.15) is 0 Å². The third-order valence-corrected chi connectivity index (χ3v) is 3.98. The summed E-state index contributed by atoms with van der Waals surface area (Å²) >= 11 is 0. The second kappa shape index (κ2) is 7.64. The number of para-hydroxylation sites is 1. The zero-order chi connectivity index (χ0) is 18.5. The van der Waals surface area contributed by atoms with Crippen LogP contribution in [-0.4, -0.2) is 33.6 Å². The van der Waals surface area contributed by atoms with Crippen molar-refractivity contribution in [3.8, 4) is 5.69 Å². The molecule has 2 amide bonds. The number of pyridine rings is 1. The van der Waals surface area contributed by atoms with Crippen LogP contribution in [0.5, 0.6) is 0 Å². The molecule has 0 atom stereocenters. The van der Waals surface area contributed by atoms with Crippen LogP contribution >= 0.6 is 0 Å². The fourth-order valence-electron chi connectivity index (χ4n) is 2.62. The molecule has 134 valence electrons. The average molecular weight is 352 g/mol. The minimum absolute atomic E-state index is 0.225. The van der Waals surface area contributed by atoms with E-state index in [4.69, 9.17) is 5.41 Å². The lowest BCUT2D eigenvalue weighted by Gasteiger charge is -2.09. The van der Waals surface area contributed by atoms with E-state index in [-0.39, 0.29) is 11.4 Å². The van der Waals surface area contributed by atoms with Crippen molar-refractivity contribution in [3.05, 3.63) is 52.4 Å². The highest BCUT2D eigenvalue weighted by molar-refractivity contribution is 6.04. The number of amides is 2. The molecule has 0 aliphatic rings. The van der Waals surface area contributed by atoms with Crippen molar-refractivity contribution >= 4 is 29.0 Å². The Morgan fingerprint density at radius 2 is 2.12 bits per heavy atom. The average Bonchev–Trinajstić information content (AvgIpc) is 2.99. The number of nitrogens with one attached hydrogen (secondary N) is 4. The standard InChI is InChI=1S/C18H20N6O2/c1-2-3-9-20-18(26)22-16-13(10-19)15-14(11-21-16)17(25)24(23-15)12-7-5-4-6-8-12/h4-8,10-11,19,23H,2-3,9H2,1H3,(H2,20,21,22,26). The van der Waals surface area contributed by atoms with Gasteiger partial charge in [0.25, 0.3) is 5.56 Å². The van der Waals surface area contributed by atoms with Crippen molar-refractivity contribution in [2.45, 2.75) is 19.8 Å². The number of nitrogens with zero attached hydrogens (tertiary/aromatic N) is 2. The van der Waals surface area contributed by atoms with Crippen LogP contribution in [0.2, 0.25) is 0 Å². The number of rotatable bonds is 6. The largest absolute Gasteiger partial charge is 0.338 e. The van der Waals surface area contributed by atoms with E-state index >= 15 is 0 Å². The molecule has 4 N–H and O–H groups in total. The van der Waals surface area contributed by atoms with Gasteiger partial charge in [-0.25, -0.2) is 14.5 Å². The Morgan fingerprint density at radius 3 is 2.81 bits per heavy atom. The lowest BCUT2D eigenvalue weighted by atomic mass is 10.2. The highest BCUT2D eigenvalue weighted by Crippen LogP contribution is 2.20. The fraction of sp³-hybridized carbons (Fsp3) is 0.222. The topological polar surface area (TPSA) is 116 Å². The molecule has 2 aromatic heterocycles.